The van der Waals surface area contributed by atoms with Gasteiger partial charge in [-0.25, -0.2) is 4.79 Å². The van der Waals surface area contributed by atoms with E-state index >= 15 is 0 Å². The average Bonchev–Trinajstić information content (AvgIpc) is 2.48. The molecular weight excluding hydrogens is 304 g/mol. The quantitative estimate of drug-likeness (QED) is 0.807. The van der Waals surface area contributed by atoms with Crippen LogP contribution < -0.4 is 10.6 Å². The molecule has 0 saturated carbocycles. The van der Waals surface area contributed by atoms with Crippen LogP contribution in [0.25, 0.3) is 0 Å². The van der Waals surface area contributed by atoms with Crippen LogP contribution in [-0.2, 0) is 10.8 Å². The zero-order valence-electron chi connectivity index (χ0n) is 11.7. The summed E-state index contributed by atoms with van der Waals surface area (Å²) < 4.78 is 11.6. The van der Waals surface area contributed by atoms with Crippen LogP contribution in [0.1, 0.15) is 10.4 Å². The number of anilines is 2. The lowest BCUT2D eigenvalue weighted by Crippen LogP contribution is -2.14. The van der Waals surface area contributed by atoms with E-state index < -0.39 is 16.9 Å². The predicted molar refractivity (Wildman–Crippen MR) is 84.8 cm³/mol. The molecule has 0 aliphatic heterocycles. The Morgan fingerprint density at radius 1 is 0.955 bits per heavy atom. The Morgan fingerprint density at radius 2 is 1.50 bits per heavy atom. The highest BCUT2D eigenvalue weighted by atomic mass is 32.2. The van der Waals surface area contributed by atoms with E-state index in [0.717, 1.165) is 0 Å². The van der Waals surface area contributed by atoms with E-state index in [2.05, 4.69) is 10.6 Å². The molecule has 22 heavy (non-hydrogen) atoms. The zero-order chi connectivity index (χ0) is 16.1. The van der Waals surface area contributed by atoms with E-state index in [-0.39, 0.29) is 5.91 Å². The third-order valence-corrected chi connectivity index (χ3v) is 3.81. The molecule has 0 heterocycles. The molecule has 7 heteroatoms. The van der Waals surface area contributed by atoms with E-state index in [1.54, 1.807) is 36.4 Å². The Labute approximate surface area is 129 Å². The number of carbonyl (C=O) groups is 2. The van der Waals surface area contributed by atoms with Gasteiger partial charge in [0.15, 0.2) is 0 Å². The highest BCUT2D eigenvalue weighted by Crippen LogP contribution is 2.17. The van der Waals surface area contributed by atoms with E-state index in [9.17, 15) is 13.8 Å². The third kappa shape index (κ3) is 3.92. The number of carbonyl (C=O) groups excluding carboxylic acids is 1. The van der Waals surface area contributed by atoms with Gasteiger partial charge in [-0.3, -0.25) is 14.3 Å². The van der Waals surface area contributed by atoms with Gasteiger partial charge in [0.05, 0.1) is 21.3 Å². The molecule has 3 N–H and O–H groups in total. The molecule has 6 nitrogen and oxygen atoms in total. The van der Waals surface area contributed by atoms with Crippen molar-refractivity contribution < 1.29 is 18.9 Å². The first-order chi connectivity index (χ1) is 10.5. The minimum absolute atomic E-state index is 0.344. The first-order valence-electron chi connectivity index (χ1n) is 6.31. The molecular formula is C15H14N2O4S. The van der Waals surface area contributed by atoms with Crippen LogP contribution in [0, 0.1) is 0 Å². The smallest absolute Gasteiger partial charge is 0.409 e. The van der Waals surface area contributed by atoms with Gasteiger partial charge in [-0.2, -0.15) is 0 Å². The number of amides is 2. The topological polar surface area (TPSA) is 95.5 Å². The fourth-order valence-corrected chi connectivity index (χ4v) is 2.60. The summed E-state index contributed by atoms with van der Waals surface area (Å²) in [5.74, 6) is -0.371. The summed E-state index contributed by atoms with van der Waals surface area (Å²) in [5.41, 5.74) is 1.26. The van der Waals surface area contributed by atoms with Crippen molar-refractivity contribution in [3.8, 4) is 0 Å². The molecule has 1 atom stereocenters. The summed E-state index contributed by atoms with van der Waals surface area (Å²) in [7, 11) is -1.27. The Balaban J connectivity index is 2.15. The molecule has 0 aliphatic carbocycles. The zero-order valence-corrected chi connectivity index (χ0v) is 12.5. The van der Waals surface area contributed by atoms with Crippen molar-refractivity contribution in [3.63, 3.8) is 0 Å². The number of benzene rings is 2. The summed E-state index contributed by atoms with van der Waals surface area (Å²) in [5, 5.41) is 13.5. The minimum atomic E-state index is -1.27. The van der Waals surface area contributed by atoms with Crippen LogP contribution in [-0.4, -0.2) is 27.6 Å². The molecule has 0 aromatic heterocycles. The third-order valence-electron chi connectivity index (χ3n) is 2.84. The summed E-state index contributed by atoms with van der Waals surface area (Å²) in [6, 6.07) is 12.9. The van der Waals surface area contributed by atoms with Crippen LogP contribution in [0.4, 0.5) is 16.2 Å². The fraction of sp³-hybridized carbons (Fsp3) is 0.0667. The molecule has 0 aliphatic rings. The largest absolute Gasteiger partial charge is 0.465 e. The molecule has 2 amide bonds. The number of nitrogens with one attached hydrogen (secondary N) is 2. The van der Waals surface area contributed by atoms with Crippen molar-refractivity contribution in [3.05, 3.63) is 54.1 Å². The predicted octanol–water partition coefficient (Wildman–Crippen LogP) is 2.77. The van der Waals surface area contributed by atoms with E-state index in [1.807, 2.05) is 0 Å². The van der Waals surface area contributed by atoms with E-state index in [0.29, 0.717) is 21.8 Å². The first kappa shape index (κ1) is 15.7. The lowest BCUT2D eigenvalue weighted by molar-refractivity contribution is 0.102. The maximum Gasteiger partial charge on any atom is 0.409 e. The summed E-state index contributed by atoms with van der Waals surface area (Å²) in [4.78, 5) is 23.2. The Morgan fingerprint density at radius 3 is 2.05 bits per heavy atom. The van der Waals surface area contributed by atoms with Crippen LogP contribution >= 0.6 is 0 Å². The van der Waals surface area contributed by atoms with Gasteiger partial charge in [-0.05, 0) is 36.4 Å². The molecule has 0 saturated heterocycles. The fourth-order valence-electron chi connectivity index (χ4n) is 1.86. The van der Waals surface area contributed by atoms with Gasteiger partial charge in [0.25, 0.3) is 5.91 Å². The molecule has 0 radical (unpaired) electrons. The van der Waals surface area contributed by atoms with Crippen molar-refractivity contribution in [2.24, 2.45) is 0 Å². The van der Waals surface area contributed by atoms with Gasteiger partial charge >= 0.3 is 6.09 Å². The Hall–Kier alpha value is -2.67. The van der Waals surface area contributed by atoms with Crippen molar-refractivity contribution in [1.82, 2.24) is 0 Å². The molecule has 2 aromatic rings. The van der Waals surface area contributed by atoms with Crippen LogP contribution in [0.5, 0.6) is 0 Å². The summed E-state index contributed by atoms with van der Waals surface area (Å²) >= 11 is 0. The standard InChI is InChI=1S/C15H14N2O4S/c1-22(21)13-5-3-2-4-12(13)14(18)16-10-6-8-11(9-7-10)17-15(19)20/h2-9,17H,1H3,(H,16,18)(H,19,20). The number of carboxylic acid groups (broad SMARTS) is 1. The Bertz CT molecular complexity index is 729. The van der Waals surface area contributed by atoms with E-state index in [4.69, 9.17) is 5.11 Å². The highest BCUT2D eigenvalue weighted by Gasteiger charge is 2.13. The SMILES string of the molecule is CS(=O)c1ccccc1C(=O)Nc1ccc(NC(=O)O)cc1. The van der Waals surface area contributed by atoms with Gasteiger partial charge in [0.1, 0.15) is 0 Å². The average molecular weight is 318 g/mol. The normalized spacial score (nSPS) is 11.5. The van der Waals surface area contributed by atoms with Gasteiger partial charge < -0.3 is 10.4 Å². The van der Waals surface area contributed by atoms with Crippen LogP contribution in [0.2, 0.25) is 0 Å². The molecule has 0 spiro atoms. The lowest BCUT2D eigenvalue weighted by atomic mass is 10.2. The first-order valence-corrected chi connectivity index (χ1v) is 7.87. The molecule has 1 unspecified atom stereocenters. The minimum Gasteiger partial charge on any atom is -0.465 e. The van der Waals surface area contributed by atoms with Gasteiger partial charge in [-0.1, -0.05) is 12.1 Å². The van der Waals surface area contributed by atoms with Gasteiger partial charge in [0.2, 0.25) is 0 Å². The number of hydrogen-bond donors (Lipinski definition) is 3. The molecule has 114 valence electrons. The van der Waals surface area contributed by atoms with Crippen molar-refractivity contribution in [1.29, 1.82) is 0 Å². The number of rotatable bonds is 4. The number of hydrogen-bond acceptors (Lipinski definition) is 3. The monoisotopic (exact) mass is 318 g/mol. The molecule has 0 fully saturated rings. The van der Waals surface area contributed by atoms with Gasteiger partial charge in [0, 0.05) is 17.6 Å². The van der Waals surface area contributed by atoms with Crippen LogP contribution in [0.15, 0.2) is 53.4 Å². The second-order valence-electron chi connectivity index (χ2n) is 4.41. The maximum absolute atomic E-state index is 12.2. The summed E-state index contributed by atoms with van der Waals surface area (Å²) in [6.07, 6.45) is 0.356. The second kappa shape index (κ2) is 6.86. The van der Waals surface area contributed by atoms with Crippen LogP contribution in [0.3, 0.4) is 0 Å². The van der Waals surface area contributed by atoms with Crippen molar-refractivity contribution >= 4 is 34.2 Å². The van der Waals surface area contributed by atoms with Gasteiger partial charge in [-0.15, -0.1) is 0 Å². The highest BCUT2D eigenvalue weighted by molar-refractivity contribution is 7.84. The van der Waals surface area contributed by atoms with E-state index in [1.165, 1.54) is 18.4 Å². The molecule has 0 bridgehead atoms. The maximum atomic E-state index is 12.2. The molecule has 2 aromatic carbocycles. The van der Waals surface area contributed by atoms with Crippen molar-refractivity contribution in [2.45, 2.75) is 4.90 Å². The lowest BCUT2D eigenvalue weighted by Gasteiger charge is -2.09. The Kier molecular flexibility index (Phi) is 4.90. The second-order valence-corrected chi connectivity index (χ2v) is 5.76. The molecule has 2 rings (SSSR count). The van der Waals surface area contributed by atoms with Crippen molar-refractivity contribution in [2.75, 3.05) is 16.9 Å². The summed E-state index contributed by atoms with van der Waals surface area (Å²) in [6.45, 7) is 0.